The zero-order chi connectivity index (χ0) is 9.71. The fourth-order valence-electron chi connectivity index (χ4n) is 1.28. The molecular formula is C6H4FN3S4. The van der Waals surface area contributed by atoms with Gasteiger partial charge in [0.05, 0.1) is 0 Å². The van der Waals surface area contributed by atoms with Crippen molar-refractivity contribution in [1.29, 1.82) is 0 Å². The van der Waals surface area contributed by atoms with Crippen molar-refractivity contribution in [2.45, 2.75) is 0 Å². The van der Waals surface area contributed by atoms with E-state index >= 15 is 0 Å². The first-order valence-corrected chi connectivity index (χ1v) is 7.94. The lowest BCUT2D eigenvalue weighted by Gasteiger charge is -2.04. The highest BCUT2D eigenvalue weighted by molar-refractivity contribution is 7.68. The molecule has 0 bridgehead atoms. The van der Waals surface area contributed by atoms with Crippen LogP contribution in [0.4, 0.5) is 4.39 Å². The van der Waals surface area contributed by atoms with Gasteiger partial charge in [0, 0.05) is 17.6 Å². The Morgan fingerprint density at radius 2 is 2.29 bits per heavy atom. The van der Waals surface area contributed by atoms with Gasteiger partial charge in [0.25, 0.3) is 0 Å². The number of aromatic nitrogens is 3. The predicted octanol–water partition coefficient (Wildman–Crippen LogP) is 3.09. The van der Waals surface area contributed by atoms with Crippen LogP contribution >= 0.6 is 41.8 Å². The molecule has 0 radical (unpaired) electrons. The van der Waals surface area contributed by atoms with Crippen LogP contribution in [0.2, 0.25) is 0 Å². The highest BCUT2D eigenvalue weighted by atomic mass is 32.9. The maximum Gasteiger partial charge on any atom is 0.169 e. The maximum absolute atomic E-state index is 13.9. The van der Waals surface area contributed by atoms with E-state index in [-0.39, 0.29) is 5.82 Å². The summed E-state index contributed by atoms with van der Waals surface area (Å²) < 4.78 is 23.7. The lowest BCUT2D eigenvalue weighted by atomic mass is 10.4. The molecule has 0 aromatic carbocycles. The molecule has 74 valence electrons. The summed E-state index contributed by atoms with van der Waals surface area (Å²) in [6.07, 6.45) is 0. The average molecular weight is 265 g/mol. The molecule has 3 rings (SSSR count). The average Bonchev–Trinajstić information content (AvgIpc) is 2.82. The molecule has 0 saturated heterocycles. The number of nitrogens with zero attached hydrogens (tertiary/aromatic N) is 2. The quantitative estimate of drug-likeness (QED) is 0.623. The van der Waals surface area contributed by atoms with Gasteiger partial charge in [0.2, 0.25) is 0 Å². The number of hydrogen-bond acceptors (Lipinski definition) is 5. The van der Waals surface area contributed by atoms with Crippen LogP contribution in [0.3, 0.4) is 0 Å². The Morgan fingerprint density at radius 1 is 1.43 bits per heavy atom. The summed E-state index contributed by atoms with van der Waals surface area (Å²) in [5.41, 5.74) is 0.808. The standard InChI is InChI=1S/C6H4FN3S4/c1-10-5-3(11-13-8-5)2(7)4-6(10)9-14-12-4/h8H,1H3. The number of fused-ring (bicyclic) bond motifs is 1. The predicted molar refractivity (Wildman–Crippen MR) is 58.6 cm³/mol. The summed E-state index contributed by atoms with van der Waals surface area (Å²) in [5.74, 6) is 0.571. The number of aromatic amines is 1. The van der Waals surface area contributed by atoms with Gasteiger partial charge in [-0.05, 0) is 10.5 Å². The Morgan fingerprint density at radius 3 is 3.14 bits per heavy atom. The van der Waals surface area contributed by atoms with E-state index in [0.29, 0.717) is 15.2 Å². The minimum atomic E-state index is -0.144. The second-order valence-corrected chi connectivity index (χ2v) is 6.52. The fraction of sp³-hybridized carbons (Fsp3) is 0.167. The molecule has 0 fully saturated rings. The normalized spacial score (nSPS) is 11.6. The third kappa shape index (κ3) is 1.02. The Balaban J connectivity index is 2.72. The zero-order valence-electron chi connectivity index (χ0n) is 6.91. The largest absolute Gasteiger partial charge is 0.312 e. The number of H-pyrrole nitrogens is 1. The maximum atomic E-state index is 13.9. The summed E-state index contributed by atoms with van der Waals surface area (Å²) in [6.45, 7) is 0. The number of halogens is 1. The first kappa shape index (κ1) is 8.84. The first-order valence-electron chi connectivity index (χ1n) is 3.69. The minimum absolute atomic E-state index is 0.144. The SMILES string of the molecule is Cn1c2nssc-2c(F)c2ss[nH]c1=2. The van der Waals surface area contributed by atoms with Crippen molar-refractivity contribution in [3.63, 3.8) is 0 Å². The van der Waals surface area contributed by atoms with E-state index in [1.807, 2.05) is 11.6 Å². The van der Waals surface area contributed by atoms with E-state index in [0.717, 1.165) is 5.48 Å². The number of rotatable bonds is 0. The smallest absolute Gasteiger partial charge is 0.169 e. The fourth-order valence-corrected chi connectivity index (χ4v) is 5.24. The molecule has 1 N–H and O–H groups in total. The van der Waals surface area contributed by atoms with Crippen LogP contribution in [-0.2, 0) is 7.05 Å². The highest BCUT2D eigenvalue weighted by Gasteiger charge is 2.18. The molecule has 3 heterocycles. The van der Waals surface area contributed by atoms with Crippen LogP contribution in [0.25, 0.3) is 10.7 Å². The molecule has 0 aromatic heterocycles. The molecule has 14 heavy (non-hydrogen) atoms. The second-order valence-electron chi connectivity index (χ2n) is 2.72. The highest BCUT2D eigenvalue weighted by Crippen LogP contribution is 2.33. The lowest BCUT2D eigenvalue weighted by molar-refractivity contribution is 0.618. The summed E-state index contributed by atoms with van der Waals surface area (Å²) >= 11 is 0. The van der Waals surface area contributed by atoms with Gasteiger partial charge < -0.3 is 4.57 Å². The molecule has 0 atom stereocenters. The Labute approximate surface area is 92.8 Å². The molecule has 0 spiro atoms. The molecule has 3 nitrogen and oxygen atoms in total. The van der Waals surface area contributed by atoms with Crippen LogP contribution in [-0.4, -0.2) is 13.3 Å². The first-order chi connectivity index (χ1) is 6.79. The van der Waals surface area contributed by atoms with Crippen molar-refractivity contribution < 1.29 is 4.39 Å². The van der Waals surface area contributed by atoms with Crippen LogP contribution in [0.1, 0.15) is 0 Å². The number of hydrogen-bond donors (Lipinski definition) is 1. The molecule has 3 aliphatic rings. The van der Waals surface area contributed by atoms with Gasteiger partial charge in [-0.2, -0.15) is 4.37 Å². The van der Waals surface area contributed by atoms with Gasteiger partial charge in [0.15, 0.2) is 11.6 Å². The van der Waals surface area contributed by atoms with Gasteiger partial charge in [-0.25, -0.2) is 4.39 Å². The van der Waals surface area contributed by atoms with Crippen molar-refractivity contribution >= 4 is 41.8 Å². The second kappa shape index (κ2) is 3.02. The van der Waals surface area contributed by atoms with E-state index < -0.39 is 0 Å². The molecule has 0 saturated carbocycles. The summed E-state index contributed by atoms with van der Waals surface area (Å²) in [6, 6.07) is 0. The van der Waals surface area contributed by atoms with E-state index in [1.165, 1.54) is 41.8 Å². The van der Waals surface area contributed by atoms with Crippen LogP contribution < -0.4 is 0 Å². The van der Waals surface area contributed by atoms with Crippen LogP contribution in [0, 0.1) is 15.8 Å². The molecule has 0 amide bonds. The van der Waals surface area contributed by atoms with E-state index in [2.05, 4.69) is 8.75 Å². The van der Waals surface area contributed by atoms with Crippen LogP contribution in [0.5, 0.6) is 0 Å². The topological polar surface area (TPSA) is 33.6 Å². The summed E-state index contributed by atoms with van der Waals surface area (Å²) in [4.78, 5) is 0.646. The van der Waals surface area contributed by atoms with Gasteiger partial charge in [-0.15, -0.1) is 0 Å². The third-order valence-corrected chi connectivity index (χ3v) is 5.67. The van der Waals surface area contributed by atoms with Gasteiger partial charge >= 0.3 is 0 Å². The lowest BCUT2D eigenvalue weighted by Crippen LogP contribution is -2.02. The molecule has 3 aliphatic heterocycles. The monoisotopic (exact) mass is 265 g/mol. The minimum Gasteiger partial charge on any atom is -0.312 e. The molecular weight excluding hydrogens is 261 g/mol. The van der Waals surface area contributed by atoms with Gasteiger partial charge in [0.1, 0.15) is 14.9 Å². The van der Waals surface area contributed by atoms with E-state index in [1.54, 1.807) is 0 Å². The number of nitrogens with one attached hydrogen (secondary N) is 1. The van der Waals surface area contributed by atoms with Crippen molar-refractivity contribution in [2.75, 3.05) is 0 Å². The van der Waals surface area contributed by atoms with Gasteiger partial charge in [-0.3, -0.25) is 4.37 Å². The van der Waals surface area contributed by atoms with Crippen LogP contribution in [0.15, 0.2) is 0 Å². The molecule has 8 heteroatoms. The molecule has 0 unspecified atom stereocenters. The Hall–Kier alpha value is -0.440. The van der Waals surface area contributed by atoms with Crippen molar-refractivity contribution in [3.8, 4) is 10.7 Å². The summed E-state index contributed by atoms with van der Waals surface area (Å²) in [5, 5.41) is 0. The molecule has 0 aliphatic carbocycles. The molecule has 0 aromatic rings. The van der Waals surface area contributed by atoms with Crippen molar-refractivity contribution in [2.24, 2.45) is 7.05 Å². The zero-order valence-corrected chi connectivity index (χ0v) is 10.2. The van der Waals surface area contributed by atoms with Crippen molar-refractivity contribution in [3.05, 3.63) is 15.8 Å². The Kier molecular flexibility index (Phi) is 1.91. The summed E-state index contributed by atoms with van der Waals surface area (Å²) in [7, 11) is 7.45. The Bertz CT molecular complexity index is 580. The van der Waals surface area contributed by atoms with E-state index in [9.17, 15) is 4.39 Å². The van der Waals surface area contributed by atoms with Crippen molar-refractivity contribution in [1.82, 2.24) is 13.3 Å². The third-order valence-electron chi connectivity index (χ3n) is 1.98. The van der Waals surface area contributed by atoms with Gasteiger partial charge in [-0.1, -0.05) is 20.7 Å². The van der Waals surface area contributed by atoms with E-state index in [4.69, 9.17) is 0 Å².